The van der Waals surface area contributed by atoms with Gasteiger partial charge in [-0.05, 0) is 20.8 Å². The van der Waals surface area contributed by atoms with Gasteiger partial charge in [-0.25, -0.2) is 0 Å². The van der Waals surface area contributed by atoms with Gasteiger partial charge in [0.05, 0.1) is 0 Å². The predicted octanol–water partition coefficient (Wildman–Crippen LogP) is 1.49. The lowest BCUT2D eigenvalue weighted by Crippen LogP contribution is -2.55. The molecule has 2 nitrogen and oxygen atoms in total. The normalized spacial score (nSPS) is 35.3. The van der Waals surface area contributed by atoms with Gasteiger partial charge < -0.3 is 5.11 Å². The Morgan fingerprint density at radius 3 is 2.43 bits per heavy atom. The van der Waals surface area contributed by atoms with Crippen molar-refractivity contribution in [3.05, 3.63) is 0 Å². The highest BCUT2D eigenvalue weighted by Gasteiger charge is 2.39. The molecule has 2 unspecified atom stereocenters. The van der Waals surface area contributed by atoms with E-state index in [-0.39, 0.29) is 11.5 Å². The topological polar surface area (TPSA) is 23.5 Å². The van der Waals surface area contributed by atoms with E-state index in [1.807, 2.05) is 6.92 Å². The average Bonchev–Trinajstić information content (AvgIpc) is 2.08. The standard InChI is InChI=1S/C12H21NO/c1-6-12(14)7-8-13(9-10(12)2)11(3,4)5/h1,10,14H,7-9H2,2-5H3. The minimum absolute atomic E-state index is 0.153. The molecule has 0 aliphatic carbocycles. The van der Waals surface area contributed by atoms with Gasteiger partial charge >= 0.3 is 0 Å². The van der Waals surface area contributed by atoms with E-state index in [0.29, 0.717) is 6.42 Å². The Labute approximate surface area is 87.3 Å². The maximum absolute atomic E-state index is 10.1. The van der Waals surface area contributed by atoms with Crippen LogP contribution in [0.25, 0.3) is 0 Å². The van der Waals surface area contributed by atoms with E-state index < -0.39 is 5.60 Å². The summed E-state index contributed by atoms with van der Waals surface area (Å²) in [5.41, 5.74) is -0.716. The summed E-state index contributed by atoms with van der Waals surface area (Å²) in [6.45, 7) is 10.4. The molecule has 0 amide bonds. The summed E-state index contributed by atoms with van der Waals surface area (Å²) >= 11 is 0. The molecule has 0 aromatic rings. The summed E-state index contributed by atoms with van der Waals surface area (Å²) in [5, 5.41) is 10.1. The molecule has 0 radical (unpaired) electrons. The first kappa shape index (κ1) is 11.6. The summed E-state index contributed by atoms with van der Waals surface area (Å²) in [7, 11) is 0. The third-order valence-electron chi connectivity index (χ3n) is 3.27. The zero-order chi connectivity index (χ0) is 11.0. The number of hydrogen-bond acceptors (Lipinski definition) is 2. The van der Waals surface area contributed by atoms with Gasteiger partial charge in [0, 0.05) is 31.0 Å². The van der Waals surface area contributed by atoms with Crippen LogP contribution in [0.4, 0.5) is 0 Å². The lowest BCUT2D eigenvalue weighted by atomic mass is 9.81. The zero-order valence-electron chi connectivity index (χ0n) is 9.67. The number of piperidine rings is 1. The van der Waals surface area contributed by atoms with Gasteiger partial charge in [-0.15, -0.1) is 6.42 Å². The minimum atomic E-state index is -0.887. The van der Waals surface area contributed by atoms with Crippen molar-refractivity contribution in [1.82, 2.24) is 4.90 Å². The molecule has 0 spiro atoms. The Hall–Kier alpha value is -0.520. The van der Waals surface area contributed by atoms with Gasteiger partial charge in [0.25, 0.3) is 0 Å². The van der Waals surface area contributed by atoms with Crippen molar-refractivity contribution < 1.29 is 5.11 Å². The second-order valence-electron chi connectivity index (χ2n) is 5.34. The molecule has 1 N–H and O–H groups in total. The van der Waals surface area contributed by atoms with Crippen LogP contribution in [0.3, 0.4) is 0 Å². The highest BCUT2D eigenvalue weighted by molar-refractivity contribution is 5.12. The monoisotopic (exact) mass is 195 g/mol. The molecule has 80 valence electrons. The van der Waals surface area contributed by atoms with Crippen molar-refractivity contribution in [2.45, 2.75) is 45.3 Å². The molecular weight excluding hydrogens is 174 g/mol. The molecular formula is C12H21NO. The second kappa shape index (κ2) is 3.56. The fraction of sp³-hybridized carbons (Fsp3) is 0.833. The van der Waals surface area contributed by atoms with Crippen molar-refractivity contribution in [3.8, 4) is 12.3 Å². The molecule has 2 heteroatoms. The van der Waals surface area contributed by atoms with Crippen molar-refractivity contribution in [3.63, 3.8) is 0 Å². The second-order valence-corrected chi connectivity index (χ2v) is 5.34. The van der Waals surface area contributed by atoms with E-state index in [0.717, 1.165) is 13.1 Å². The van der Waals surface area contributed by atoms with E-state index >= 15 is 0 Å². The van der Waals surface area contributed by atoms with Crippen LogP contribution in [0.5, 0.6) is 0 Å². The van der Waals surface area contributed by atoms with Gasteiger partial charge in [0.15, 0.2) is 0 Å². The molecule has 0 aromatic carbocycles. The summed E-state index contributed by atoms with van der Waals surface area (Å²) < 4.78 is 0. The number of likely N-dealkylation sites (tertiary alicyclic amines) is 1. The van der Waals surface area contributed by atoms with E-state index in [1.165, 1.54) is 0 Å². The highest BCUT2D eigenvalue weighted by atomic mass is 16.3. The molecule has 1 rings (SSSR count). The third-order valence-corrected chi connectivity index (χ3v) is 3.27. The predicted molar refractivity (Wildman–Crippen MR) is 58.9 cm³/mol. The Morgan fingerprint density at radius 1 is 1.50 bits per heavy atom. The van der Waals surface area contributed by atoms with Gasteiger partial charge in [-0.2, -0.15) is 0 Å². The van der Waals surface area contributed by atoms with Crippen LogP contribution in [0.2, 0.25) is 0 Å². The first-order chi connectivity index (χ1) is 6.29. The van der Waals surface area contributed by atoms with Crippen LogP contribution in [0, 0.1) is 18.3 Å². The lowest BCUT2D eigenvalue weighted by molar-refractivity contribution is -0.0441. The molecule has 1 heterocycles. The molecule has 1 fully saturated rings. The zero-order valence-corrected chi connectivity index (χ0v) is 9.67. The average molecular weight is 195 g/mol. The summed E-state index contributed by atoms with van der Waals surface area (Å²) in [4.78, 5) is 2.38. The van der Waals surface area contributed by atoms with Crippen molar-refractivity contribution in [2.24, 2.45) is 5.92 Å². The van der Waals surface area contributed by atoms with Gasteiger partial charge in [0.1, 0.15) is 5.60 Å². The Kier molecular flexibility index (Phi) is 2.94. The number of terminal acetylenes is 1. The molecule has 14 heavy (non-hydrogen) atoms. The summed E-state index contributed by atoms with van der Waals surface area (Å²) in [6, 6.07) is 0. The molecule has 1 aliphatic rings. The smallest absolute Gasteiger partial charge is 0.130 e. The van der Waals surface area contributed by atoms with Crippen LogP contribution < -0.4 is 0 Å². The molecule has 0 bridgehead atoms. The van der Waals surface area contributed by atoms with Gasteiger partial charge in [-0.3, -0.25) is 4.90 Å². The van der Waals surface area contributed by atoms with E-state index in [9.17, 15) is 5.11 Å². The number of aliphatic hydroxyl groups is 1. The van der Waals surface area contributed by atoms with Gasteiger partial charge in [0.2, 0.25) is 0 Å². The van der Waals surface area contributed by atoms with Crippen molar-refractivity contribution in [2.75, 3.05) is 13.1 Å². The van der Waals surface area contributed by atoms with E-state index in [1.54, 1.807) is 0 Å². The highest BCUT2D eigenvalue weighted by Crippen LogP contribution is 2.30. The maximum atomic E-state index is 10.1. The molecule has 1 saturated heterocycles. The van der Waals surface area contributed by atoms with Crippen LogP contribution in [-0.4, -0.2) is 34.2 Å². The van der Waals surface area contributed by atoms with Crippen molar-refractivity contribution >= 4 is 0 Å². The minimum Gasteiger partial charge on any atom is -0.377 e. The third kappa shape index (κ3) is 2.10. The van der Waals surface area contributed by atoms with Crippen LogP contribution in [-0.2, 0) is 0 Å². The summed E-state index contributed by atoms with van der Waals surface area (Å²) in [5.74, 6) is 2.68. The van der Waals surface area contributed by atoms with E-state index in [4.69, 9.17) is 6.42 Å². The number of nitrogens with zero attached hydrogens (tertiary/aromatic N) is 1. The number of rotatable bonds is 0. The number of hydrogen-bond donors (Lipinski definition) is 1. The van der Waals surface area contributed by atoms with E-state index in [2.05, 4.69) is 31.6 Å². The summed E-state index contributed by atoms with van der Waals surface area (Å²) in [6.07, 6.45) is 6.05. The van der Waals surface area contributed by atoms with Gasteiger partial charge in [-0.1, -0.05) is 12.8 Å². The van der Waals surface area contributed by atoms with Crippen LogP contribution in [0.15, 0.2) is 0 Å². The lowest BCUT2D eigenvalue weighted by Gasteiger charge is -2.46. The van der Waals surface area contributed by atoms with Crippen molar-refractivity contribution in [1.29, 1.82) is 0 Å². The SMILES string of the molecule is C#CC1(O)CCN(C(C)(C)C)CC1C. The first-order valence-corrected chi connectivity index (χ1v) is 5.25. The molecule has 2 atom stereocenters. The molecule has 0 aromatic heterocycles. The van der Waals surface area contributed by atoms with Crippen LogP contribution in [0.1, 0.15) is 34.1 Å². The fourth-order valence-electron chi connectivity index (χ4n) is 1.95. The maximum Gasteiger partial charge on any atom is 0.130 e. The molecule has 0 saturated carbocycles. The Bertz CT molecular complexity index is 248. The van der Waals surface area contributed by atoms with Crippen LogP contribution >= 0.6 is 0 Å². The Balaban J connectivity index is 2.70. The molecule has 1 aliphatic heterocycles. The fourth-order valence-corrected chi connectivity index (χ4v) is 1.95. The quantitative estimate of drug-likeness (QED) is 0.592. The largest absolute Gasteiger partial charge is 0.377 e. The Morgan fingerprint density at radius 2 is 2.07 bits per heavy atom. The first-order valence-electron chi connectivity index (χ1n) is 5.25.